The van der Waals surface area contributed by atoms with Crippen LogP contribution in [0.15, 0.2) is 18.3 Å². The topological polar surface area (TPSA) is 114 Å². The molecule has 2 unspecified atom stereocenters. The molecule has 38 heavy (non-hydrogen) atoms. The van der Waals surface area contributed by atoms with E-state index < -0.39 is 24.0 Å². The summed E-state index contributed by atoms with van der Waals surface area (Å²) in [6.45, 7) is 5.48. The highest BCUT2D eigenvalue weighted by Crippen LogP contribution is 2.35. The number of likely N-dealkylation sites (tertiary alicyclic amines) is 1. The van der Waals surface area contributed by atoms with Crippen LogP contribution in [0.5, 0.6) is 0 Å². The van der Waals surface area contributed by atoms with E-state index in [-0.39, 0.29) is 31.0 Å². The minimum absolute atomic E-state index is 0.0197. The Morgan fingerprint density at radius 2 is 2.03 bits per heavy atom. The number of nitriles is 1. The highest BCUT2D eigenvalue weighted by Gasteiger charge is 2.54. The lowest BCUT2D eigenvalue weighted by Gasteiger charge is -2.40. The van der Waals surface area contributed by atoms with Crippen molar-refractivity contribution >= 4 is 17.6 Å². The number of hydrazine groups is 1. The number of hydrogen-bond donors (Lipinski definition) is 2. The second-order valence-corrected chi connectivity index (χ2v) is 10.2. The van der Waals surface area contributed by atoms with Crippen molar-refractivity contribution in [3.05, 3.63) is 23.9 Å². The van der Waals surface area contributed by atoms with Crippen LogP contribution in [0.2, 0.25) is 0 Å². The van der Waals surface area contributed by atoms with Crippen molar-refractivity contribution in [3.63, 3.8) is 0 Å². The molecular weight excluding hydrogens is 503 g/mol. The predicted molar refractivity (Wildman–Crippen MR) is 132 cm³/mol. The Morgan fingerprint density at radius 3 is 2.68 bits per heavy atom. The number of piperazine rings is 1. The predicted octanol–water partition coefficient (Wildman–Crippen LogP) is 1.29. The SMILES string of the molecule is C[C@@H](COC[C@@H]1CCCN1C1CNNC(=O)C1C(F)(F)F)CC(=O)N1CCN(c2ccc(C#N)cn2)CC1. The molecule has 0 aliphatic carbocycles. The maximum atomic E-state index is 13.6. The van der Waals surface area contributed by atoms with E-state index in [1.807, 2.05) is 24.0 Å². The molecule has 0 bridgehead atoms. The first-order chi connectivity index (χ1) is 18.2. The van der Waals surface area contributed by atoms with Crippen LogP contribution in [0.3, 0.4) is 0 Å². The first-order valence-electron chi connectivity index (χ1n) is 13.0. The molecule has 3 aliphatic rings. The van der Waals surface area contributed by atoms with E-state index in [0.717, 1.165) is 12.2 Å². The quantitative estimate of drug-likeness (QED) is 0.510. The van der Waals surface area contributed by atoms with Crippen molar-refractivity contribution in [2.45, 2.75) is 44.4 Å². The Hall–Kier alpha value is -2.95. The Morgan fingerprint density at radius 1 is 1.26 bits per heavy atom. The largest absolute Gasteiger partial charge is 0.402 e. The highest BCUT2D eigenvalue weighted by molar-refractivity contribution is 5.80. The van der Waals surface area contributed by atoms with Crippen LogP contribution in [0.25, 0.3) is 0 Å². The zero-order chi connectivity index (χ0) is 27.3. The molecule has 3 fully saturated rings. The number of halogens is 3. The van der Waals surface area contributed by atoms with Gasteiger partial charge in [-0.15, -0.1) is 0 Å². The van der Waals surface area contributed by atoms with Gasteiger partial charge >= 0.3 is 6.18 Å². The van der Waals surface area contributed by atoms with Gasteiger partial charge in [0, 0.05) is 64.0 Å². The molecule has 0 radical (unpaired) electrons. The van der Waals surface area contributed by atoms with Gasteiger partial charge in [0.1, 0.15) is 11.9 Å². The molecule has 2 amide bonds. The van der Waals surface area contributed by atoms with Crippen molar-refractivity contribution in [1.82, 2.24) is 25.6 Å². The van der Waals surface area contributed by atoms with Crippen molar-refractivity contribution in [3.8, 4) is 6.07 Å². The van der Waals surface area contributed by atoms with Crippen molar-refractivity contribution in [2.24, 2.45) is 11.8 Å². The third kappa shape index (κ3) is 6.73. The number of hydrogen-bond acceptors (Lipinski definition) is 8. The average Bonchev–Trinajstić information content (AvgIpc) is 3.36. The summed E-state index contributed by atoms with van der Waals surface area (Å²) in [4.78, 5) is 34.8. The van der Waals surface area contributed by atoms with E-state index in [1.165, 1.54) is 6.20 Å². The number of carbonyl (C=O) groups is 2. The lowest BCUT2D eigenvalue weighted by atomic mass is 9.94. The zero-order valence-electron chi connectivity index (χ0n) is 21.4. The Balaban J connectivity index is 1.20. The van der Waals surface area contributed by atoms with Gasteiger partial charge in [-0.05, 0) is 37.4 Å². The van der Waals surface area contributed by atoms with Crippen molar-refractivity contribution < 1.29 is 27.5 Å². The molecule has 4 atom stereocenters. The molecule has 1 aromatic rings. The number of anilines is 1. The maximum Gasteiger partial charge on any atom is 0.402 e. The first-order valence-corrected chi connectivity index (χ1v) is 13.0. The Labute approximate surface area is 220 Å². The number of nitrogens with one attached hydrogen (secondary N) is 2. The standard InChI is InChI=1S/C25H34F3N7O3/c1-17(11-22(36)34-9-7-33(8-10-34)21-5-4-18(12-29)13-30-21)15-38-16-19-3-2-6-35(19)20-14-31-32-24(37)23(20)25(26,27)28/h4-5,13,17,19-20,23,31H,2-3,6-11,14-16H2,1H3,(H,32,37)/t17-,19+,20?,23?/m1/s1. The summed E-state index contributed by atoms with van der Waals surface area (Å²) in [6.07, 6.45) is -1.31. The van der Waals surface area contributed by atoms with Gasteiger partial charge in [0.25, 0.3) is 0 Å². The fourth-order valence-corrected chi connectivity index (χ4v) is 5.48. The van der Waals surface area contributed by atoms with Gasteiger partial charge in [-0.3, -0.25) is 19.9 Å². The van der Waals surface area contributed by atoms with E-state index in [1.54, 1.807) is 11.0 Å². The molecular formula is C25H34F3N7O3. The fraction of sp³-hybridized carbons (Fsp3) is 0.680. The Bertz CT molecular complexity index is 1010. The van der Waals surface area contributed by atoms with Gasteiger partial charge in [0.15, 0.2) is 5.92 Å². The number of ether oxygens (including phenoxy) is 1. The van der Waals surface area contributed by atoms with Crippen LogP contribution < -0.4 is 15.8 Å². The smallest absolute Gasteiger partial charge is 0.380 e. The van der Waals surface area contributed by atoms with Gasteiger partial charge in [-0.1, -0.05) is 6.92 Å². The molecule has 1 aromatic heterocycles. The molecule has 0 aromatic carbocycles. The number of rotatable bonds is 8. The number of alkyl halides is 3. The van der Waals surface area contributed by atoms with Gasteiger partial charge in [0.2, 0.25) is 11.8 Å². The van der Waals surface area contributed by atoms with Crippen LogP contribution in [0, 0.1) is 23.2 Å². The van der Waals surface area contributed by atoms with E-state index in [0.29, 0.717) is 57.7 Å². The highest BCUT2D eigenvalue weighted by atomic mass is 19.4. The monoisotopic (exact) mass is 537 g/mol. The molecule has 4 rings (SSSR count). The minimum Gasteiger partial charge on any atom is -0.380 e. The molecule has 0 saturated carbocycles. The van der Waals surface area contributed by atoms with E-state index in [4.69, 9.17) is 10.00 Å². The fourth-order valence-electron chi connectivity index (χ4n) is 5.48. The number of pyridine rings is 1. The van der Waals surface area contributed by atoms with Gasteiger partial charge in [-0.25, -0.2) is 10.4 Å². The molecule has 10 nitrogen and oxygen atoms in total. The molecule has 208 valence electrons. The summed E-state index contributed by atoms with van der Waals surface area (Å²) in [5.74, 6) is -2.34. The van der Waals surface area contributed by atoms with Gasteiger partial charge in [-0.2, -0.15) is 18.4 Å². The number of carbonyl (C=O) groups excluding carboxylic acids is 2. The van der Waals surface area contributed by atoms with Crippen LogP contribution >= 0.6 is 0 Å². The third-order valence-corrected chi connectivity index (χ3v) is 7.46. The van der Waals surface area contributed by atoms with E-state index >= 15 is 0 Å². The summed E-state index contributed by atoms with van der Waals surface area (Å²) < 4.78 is 46.7. The second-order valence-electron chi connectivity index (χ2n) is 10.2. The Kier molecular flexibility index (Phi) is 9.07. The third-order valence-electron chi connectivity index (χ3n) is 7.46. The zero-order valence-corrected chi connectivity index (χ0v) is 21.4. The second kappa shape index (κ2) is 12.3. The normalized spacial score (nSPS) is 25.7. The average molecular weight is 538 g/mol. The number of aromatic nitrogens is 1. The van der Waals surface area contributed by atoms with Crippen LogP contribution in [0.1, 0.15) is 31.7 Å². The molecule has 0 spiro atoms. The summed E-state index contributed by atoms with van der Waals surface area (Å²) in [5, 5.41) is 8.91. The summed E-state index contributed by atoms with van der Waals surface area (Å²) in [5.41, 5.74) is 5.19. The van der Waals surface area contributed by atoms with Crippen molar-refractivity contribution in [1.29, 1.82) is 5.26 Å². The molecule has 2 N–H and O–H groups in total. The van der Waals surface area contributed by atoms with Crippen LogP contribution in [0.4, 0.5) is 19.0 Å². The lowest BCUT2D eigenvalue weighted by Crippen LogP contribution is -2.65. The minimum atomic E-state index is -4.62. The van der Waals surface area contributed by atoms with Crippen LogP contribution in [-0.4, -0.2) is 97.3 Å². The summed E-state index contributed by atoms with van der Waals surface area (Å²) in [7, 11) is 0. The number of amides is 2. The van der Waals surface area contributed by atoms with Crippen molar-refractivity contribution in [2.75, 3.05) is 57.4 Å². The van der Waals surface area contributed by atoms with Gasteiger partial charge < -0.3 is 14.5 Å². The molecule has 3 aliphatic heterocycles. The first kappa shape index (κ1) is 28.1. The number of nitrogens with zero attached hydrogens (tertiary/aromatic N) is 5. The molecule has 4 heterocycles. The maximum absolute atomic E-state index is 13.6. The van der Waals surface area contributed by atoms with E-state index in [2.05, 4.69) is 20.7 Å². The van der Waals surface area contributed by atoms with Crippen LogP contribution in [-0.2, 0) is 14.3 Å². The lowest BCUT2D eigenvalue weighted by molar-refractivity contribution is -0.201. The molecule has 13 heteroatoms. The summed E-state index contributed by atoms with van der Waals surface area (Å²) in [6, 6.07) is 4.40. The molecule has 3 saturated heterocycles. The van der Waals surface area contributed by atoms with E-state index in [9.17, 15) is 22.8 Å². The van der Waals surface area contributed by atoms with Gasteiger partial charge in [0.05, 0.1) is 12.2 Å². The summed E-state index contributed by atoms with van der Waals surface area (Å²) >= 11 is 0.